The number of sulfonamides is 1. The zero-order valence-corrected chi connectivity index (χ0v) is 12.6. The Morgan fingerprint density at radius 2 is 1.78 bits per heavy atom. The van der Waals surface area contributed by atoms with Crippen LogP contribution < -0.4 is 10.5 Å². The van der Waals surface area contributed by atoms with Crippen LogP contribution in [0.2, 0.25) is 0 Å². The number of hydrogen-bond donors (Lipinski definition) is 2. The molecule has 102 valence electrons. The minimum Gasteiger partial charge on any atom is -0.399 e. The lowest BCUT2D eigenvalue weighted by Crippen LogP contribution is -2.42. The van der Waals surface area contributed by atoms with Gasteiger partial charge in [-0.05, 0) is 45.0 Å². The maximum absolute atomic E-state index is 11.7. The Balaban J connectivity index is 2.44. The number of anilines is 1. The van der Waals surface area contributed by atoms with Crippen molar-refractivity contribution in [3.05, 3.63) is 24.3 Å². The Labute approximate surface area is 113 Å². The van der Waals surface area contributed by atoms with Crippen LogP contribution in [0.1, 0.15) is 20.8 Å². The summed E-state index contributed by atoms with van der Waals surface area (Å²) in [5, 5.41) is 0. The minimum absolute atomic E-state index is 0.110. The van der Waals surface area contributed by atoms with E-state index in [1.165, 1.54) is 11.8 Å². The highest BCUT2D eigenvalue weighted by atomic mass is 32.2. The Bertz CT molecular complexity index is 476. The van der Waals surface area contributed by atoms with Gasteiger partial charge in [0.25, 0.3) is 0 Å². The van der Waals surface area contributed by atoms with Crippen LogP contribution in [0.3, 0.4) is 0 Å². The van der Waals surface area contributed by atoms with Gasteiger partial charge in [0.1, 0.15) is 0 Å². The average Bonchev–Trinajstić information content (AvgIpc) is 2.17. The fraction of sp³-hybridized carbons (Fsp3) is 0.500. The van der Waals surface area contributed by atoms with Gasteiger partial charge >= 0.3 is 0 Å². The van der Waals surface area contributed by atoms with E-state index in [0.29, 0.717) is 11.4 Å². The average molecular weight is 288 g/mol. The molecular weight excluding hydrogens is 268 g/mol. The smallest absolute Gasteiger partial charge is 0.212 e. The largest absolute Gasteiger partial charge is 0.399 e. The van der Waals surface area contributed by atoms with E-state index in [2.05, 4.69) is 4.72 Å². The number of rotatable bonds is 5. The summed E-state index contributed by atoms with van der Waals surface area (Å²) in [5.41, 5.74) is 5.86. The van der Waals surface area contributed by atoms with Crippen LogP contribution in [0.25, 0.3) is 0 Å². The highest BCUT2D eigenvalue weighted by Crippen LogP contribution is 2.19. The second kappa shape index (κ2) is 5.95. The number of hydrogen-bond acceptors (Lipinski definition) is 4. The maximum Gasteiger partial charge on any atom is 0.212 e. The van der Waals surface area contributed by atoms with E-state index in [-0.39, 0.29) is 5.75 Å². The van der Waals surface area contributed by atoms with Crippen molar-refractivity contribution < 1.29 is 8.42 Å². The number of nitrogen functional groups attached to an aromatic ring is 1. The highest BCUT2D eigenvalue weighted by molar-refractivity contribution is 8.00. The van der Waals surface area contributed by atoms with Crippen LogP contribution in [0.5, 0.6) is 0 Å². The van der Waals surface area contributed by atoms with E-state index in [9.17, 15) is 8.42 Å². The number of thioether (sulfide) groups is 1. The summed E-state index contributed by atoms with van der Waals surface area (Å²) in [6.45, 7) is 5.49. The van der Waals surface area contributed by atoms with E-state index in [4.69, 9.17) is 5.73 Å². The first kappa shape index (κ1) is 15.3. The molecule has 3 N–H and O–H groups in total. The highest BCUT2D eigenvalue weighted by Gasteiger charge is 2.19. The maximum atomic E-state index is 11.7. The molecule has 0 radical (unpaired) electrons. The first-order chi connectivity index (χ1) is 8.18. The van der Waals surface area contributed by atoms with Crippen LogP contribution in [0.15, 0.2) is 29.2 Å². The van der Waals surface area contributed by atoms with Crippen molar-refractivity contribution in [3.63, 3.8) is 0 Å². The molecule has 0 fully saturated rings. The van der Waals surface area contributed by atoms with Gasteiger partial charge in [-0.25, -0.2) is 13.1 Å². The molecule has 0 aliphatic heterocycles. The van der Waals surface area contributed by atoms with Gasteiger partial charge in [0, 0.05) is 21.9 Å². The molecule has 0 amide bonds. The summed E-state index contributed by atoms with van der Waals surface area (Å²) in [6, 6.07) is 7.40. The van der Waals surface area contributed by atoms with Crippen LogP contribution in [0, 0.1) is 0 Å². The molecule has 0 unspecified atom stereocenters. The minimum atomic E-state index is -3.21. The molecule has 0 aromatic heterocycles. The van der Waals surface area contributed by atoms with Gasteiger partial charge in [-0.15, -0.1) is 11.8 Å². The van der Waals surface area contributed by atoms with E-state index in [0.717, 1.165) is 4.90 Å². The summed E-state index contributed by atoms with van der Waals surface area (Å²) in [5.74, 6) is 0.634. The van der Waals surface area contributed by atoms with Gasteiger partial charge in [0.05, 0.1) is 5.75 Å². The molecule has 0 aliphatic rings. The molecule has 0 heterocycles. The number of benzene rings is 1. The second-order valence-electron chi connectivity index (χ2n) is 5.09. The van der Waals surface area contributed by atoms with Crippen LogP contribution in [-0.2, 0) is 10.0 Å². The van der Waals surface area contributed by atoms with Crippen molar-refractivity contribution in [2.24, 2.45) is 0 Å². The molecule has 0 atom stereocenters. The molecule has 0 bridgehead atoms. The van der Waals surface area contributed by atoms with Gasteiger partial charge in [0.2, 0.25) is 10.0 Å². The Hall–Kier alpha value is -0.720. The van der Waals surface area contributed by atoms with Crippen molar-refractivity contribution in [2.75, 3.05) is 17.2 Å². The van der Waals surface area contributed by atoms with Gasteiger partial charge in [-0.2, -0.15) is 0 Å². The van der Waals surface area contributed by atoms with Gasteiger partial charge in [-0.3, -0.25) is 0 Å². The van der Waals surface area contributed by atoms with E-state index in [1.54, 1.807) is 0 Å². The molecule has 0 aliphatic carbocycles. The Kier molecular flexibility index (Phi) is 5.07. The lowest BCUT2D eigenvalue weighted by atomic mass is 10.1. The lowest BCUT2D eigenvalue weighted by molar-refractivity contribution is 0.492. The van der Waals surface area contributed by atoms with Crippen molar-refractivity contribution in [3.8, 4) is 0 Å². The SMILES string of the molecule is CC(C)(C)NS(=O)(=O)CCSc1ccc(N)cc1. The molecular formula is C12H20N2O2S2. The topological polar surface area (TPSA) is 72.2 Å². The quantitative estimate of drug-likeness (QED) is 0.643. The zero-order chi connectivity index (χ0) is 13.8. The molecule has 4 nitrogen and oxygen atoms in total. The monoisotopic (exact) mass is 288 g/mol. The molecule has 1 rings (SSSR count). The summed E-state index contributed by atoms with van der Waals surface area (Å²) in [6.07, 6.45) is 0. The van der Waals surface area contributed by atoms with Crippen LogP contribution in [-0.4, -0.2) is 25.5 Å². The molecule has 0 spiro atoms. The van der Waals surface area contributed by atoms with E-state index in [1.807, 2.05) is 45.0 Å². The van der Waals surface area contributed by atoms with Crippen molar-refractivity contribution in [1.29, 1.82) is 0 Å². The molecule has 18 heavy (non-hydrogen) atoms. The lowest BCUT2D eigenvalue weighted by Gasteiger charge is -2.20. The fourth-order valence-corrected chi connectivity index (χ4v) is 4.16. The summed E-state index contributed by atoms with van der Waals surface area (Å²) in [4.78, 5) is 1.02. The third-order valence-corrected chi connectivity index (χ3v) is 4.90. The number of nitrogens with two attached hydrogens (primary N) is 1. The van der Waals surface area contributed by atoms with Gasteiger partial charge in [-0.1, -0.05) is 0 Å². The summed E-state index contributed by atoms with van der Waals surface area (Å²) in [7, 11) is -3.21. The van der Waals surface area contributed by atoms with E-state index < -0.39 is 15.6 Å². The van der Waals surface area contributed by atoms with Crippen LogP contribution >= 0.6 is 11.8 Å². The van der Waals surface area contributed by atoms with Crippen molar-refractivity contribution >= 4 is 27.5 Å². The van der Waals surface area contributed by atoms with E-state index >= 15 is 0 Å². The second-order valence-corrected chi connectivity index (χ2v) is 8.10. The predicted octanol–water partition coefficient (Wildman–Crippen LogP) is 2.08. The van der Waals surface area contributed by atoms with Gasteiger partial charge < -0.3 is 5.73 Å². The standard InChI is InChI=1S/C12H20N2O2S2/c1-12(2,3)14-18(15,16)9-8-17-11-6-4-10(13)5-7-11/h4-7,14H,8-9,13H2,1-3H3. The Morgan fingerprint density at radius 1 is 1.22 bits per heavy atom. The van der Waals surface area contributed by atoms with Crippen LogP contribution in [0.4, 0.5) is 5.69 Å². The first-order valence-electron chi connectivity index (χ1n) is 5.68. The summed E-state index contributed by atoms with van der Waals surface area (Å²) < 4.78 is 26.1. The predicted molar refractivity (Wildman–Crippen MR) is 78.3 cm³/mol. The Morgan fingerprint density at radius 3 is 2.28 bits per heavy atom. The van der Waals surface area contributed by atoms with Crippen molar-refractivity contribution in [2.45, 2.75) is 31.2 Å². The van der Waals surface area contributed by atoms with Crippen molar-refractivity contribution in [1.82, 2.24) is 4.72 Å². The third-order valence-electron chi connectivity index (χ3n) is 1.96. The molecule has 6 heteroatoms. The molecule has 1 aromatic rings. The number of nitrogens with one attached hydrogen (secondary N) is 1. The first-order valence-corrected chi connectivity index (χ1v) is 8.32. The third kappa shape index (κ3) is 6.28. The van der Waals surface area contributed by atoms with Gasteiger partial charge in [0.15, 0.2) is 0 Å². The molecule has 0 saturated carbocycles. The summed E-state index contributed by atoms with van der Waals surface area (Å²) >= 11 is 1.51. The zero-order valence-electron chi connectivity index (χ0n) is 10.9. The normalized spacial score (nSPS) is 12.6. The molecule has 0 saturated heterocycles. The molecule has 1 aromatic carbocycles. The fourth-order valence-electron chi connectivity index (χ4n) is 1.35.